The van der Waals surface area contributed by atoms with Crippen LogP contribution in [0.3, 0.4) is 0 Å². The number of halogens is 3. The van der Waals surface area contributed by atoms with Crippen LogP contribution in [0.25, 0.3) is 0 Å². The van der Waals surface area contributed by atoms with Gasteiger partial charge in [0.1, 0.15) is 17.7 Å². The van der Waals surface area contributed by atoms with Gasteiger partial charge in [-0.3, -0.25) is 0 Å². The van der Waals surface area contributed by atoms with Crippen molar-refractivity contribution in [1.29, 1.82) is 0 Å². The Bertz CT molecular complexity index is 592. The molecule has 0 aliphatic carbocycles. The van der Waals surface area contributed by atoms with Gasteiger partial charge in [0.05, 0.1) is 10.5 Å². The third-order valence-electron chi connectivity index (χ3n) is 3.12. The molecule has 0 spiro atoms. The van der Waals surface area contributed by atoms with E-state index in [0.29, 0.717) is 0 Å². The van der Waals surface area contributed by atoms with E-state index in [1.54, 1.807) is 0 Å². The van der Waals surface area contributed by atoms with Crippen molar-refractivity contribution in [1.82, 2.24) is 0 Å². The highest BCUT2D eigenvalue weighted by molar-refractivity contribution is 9.10. The summed E-state index contributed by atoms with van der Waals surface area (Å²) < 4.78 is 33.5. The fourth-order valence-corrected chi connectivity index (χ4v) is 2.48. The van der Waals surface area contributed by atoms with Crippen LogP contribution in [0.4, 0.5) is 8.78 Å². The third-order valence-corrected chi connectivity index (χ3v) is 3.73. The molecule has 2 atom stereocenters. The molecule has 0 bridgehead atoms. The Labute approximate surface area is 124 Å². The van der Waals surface area contributed by atoms with E-state index in [-0.39, 0.29) is 10.0 Å². The molecule has 106 valence electrons. The molecule has 0 aliphatic rings. The molecule has 0 fully saturated rings. The van der Waals surface area contributed by atoms with Gasteiger partial charge in [0, 0.05) is 12.7 Å². The minimum atomic E-state index is -0.945. The Morgan fingerprint density at radius 1 is 1.10 bits per heavy atom. The summed E-state index contributed by atoms with van der Waals surface area (Å²) in [6.07, 6.45) is -0.630. The minimum absolute atomic E-state index is 0.173. The largest absolute Gasteiger partial charge is 0.375 e. The summed E-state index contributed by atoms with van der Waals surface area (Å²) in [6, 6.07) is 10.7. The average molecular weight is 342 g/mol. The monoisotopic (exact) mass is 341 g/mol. The number of methoxy groups -OCH3 is 1. The van der Waals surface area contributed by atoms with Crippen LogP contribution in [0.5, 0.6) is 0 Å². The SMILES string of the molecule is COC(c1ccccc1)C(N)c1c(F)ccc(Br)c1F. The zero-order chi connectivity index (χ0) is 14.7. The molecule has 2 aromatic carbocycles. The predicted octanol–water partition coefficient (Wildman–Crippen LogP) is 4.11. The van der Waals surface area contributed by atoms with Gasteiger partial charge in [-0.1, -0.05) is 30.3 Å². The van der Waals surface area contributed by atoms with Gasteiger partial charge in [-0.05, 0) is 33.6 Å². The second-order valence-electron chi connectivity index (χ2n) is 4.35. The molecule has 0 saturated heterocycles. The van der Waals surface area contributed by atoms with Gasteiger partial charge < -0.3 is 10.5 Å². The normalized spacial score (nSPS) is 14.1. The van der Waals surface area contributed by atoms with Gasteiger partial charge in [0.15, 0.2) is 0 Å². The maximum absolute atomic E-state index is 14.1. The van der Waals surface area contributed by atoms with Crippen molar-refractivity contribution < 1.29 is 13.5 Å². The molecule has 0 aromatic heterocycles. The fourth-order valence-electron chi connectivity index (χ4n) is 2.13. The number of ether oxygens (including phenoxy) is 1. The van der Waals surface area contributed by atoms with Gasteiger partial charge in [-0.15, -0.1) is 0 Å². The molecule has 0 aliphatic heterocycles. The fraction of sp³-hybridized carbons (Fsp3) is 0.200. The average Bonchev–Trinajstić information content (AvgIpc) is 2.45. The van der Waals surface area contributed by atoms with Crippen LogP contribution < -0.4 is 5.73 Å². The van der Waals surface area contributed by atoms with Crippen LogP contribution in [0, 0.1) is 11.6 Å². The summed E-state index contributed by atoms with van der Waals surface area (Å²) >= 11 is 3.04. The van der Waals surface area contributed by atoms with E-state index in [2.05, 4.69) is 15.9 Å². The quantitative estimate of drug-likeness (QED) is 0.849. The van der Waals surface area contributed by atoms with Crippen LogP contribution in [-0.4, -0.2) is 7.11 Å². The molecule has 0 radical (unpaired) electrons. The summed E-state index contributed by atoms with van der Waals surface area (Å²) in [4.78, 5) is 0. The molecule has 2 unspecified atom stereocenters. The predicted molar refractivity (Wildman–Crippen MR) is 77.2 cm³/mol. The molecule has 0 heterocycles. The van der Waals surface area contributed by atoms with Gasteiger partial charge in [-0.2, -0.15) is 0 Å². The zero-order valence-electron chi connectivity index (χ0n) is 10.8. The second kappa shape index (κ2) is 6.43. The van der Waals surface area contributed by atoms with Crippen molar-refractivity contribution in [3.8, 4) is 0 Å². The molecule has 2 nitrogen and oxygen atoms in total. The number of benzene rings is 2. The Balaban J connectivity index is 2.44. The van der Waals surface area contributed by atoms with Crippen LogP contribution in [-0.2, 0) is 4.74 Å². The van der Waals surface area contributed by atoms with Gasteiger partial charge in [0.2, 0.25) is 0 Å². The summed E-state index contributed by atoms with van der Waals surface area (Å²) in [7, 11) is 1.46. The first kappa shape index (κ1) is 15.1. The molecule has 0 saturated carbocycles. The van der Waals surface area contributed by atoms with E-state index in [0.717, 1.165) is 5.56 Å². The highest BCUT2D eigenvalue weighted by Crippen LogP contribution is 2.34. The Hall–Kier alpha value is -1.30. The molecule has 5 heteroatoms. The Morgan fingerprint density at radius 3 is 2.35 bits per heavy atom. The lowest BCUT2D eigenvalue weighted by molar-refractivity contribution is 0.0779. The standard InChI is InChI=1S/C15H14BrF2NO/c1-20-15(9-5-3-2-4-6-9)14(19)12-11(17)8-7-10(16)13(12)18/h2-8,14-15H,19H2,1H3. The van der Waals surface area contributed by atoms with E-state index < -0.39 is 23.8 Å². The molecule has 2 rings (SSSR count). The van der Waals surface area contributed by atoms with Crippen LogP contribution in [0.1, 0.15) is 23.3 Å². The van der Waals surface area contributed by atoms with Crippen molar-refractivity contribution in [2.45, 2.75) is 12.1 Å². The second-order valence-corrected chi connectivity index (χ2v) is 5.20. The maximum atomic E-state index is 14.1. The minimum Gasteiger partial charge on any atom is -0.375 e. The number of nitrogens with two attached hydrogens (primary N) is 1. The molecular weight excluding hydrogens is 328 g/mol. The molecule has 0 amide bonds. The zero-order valence-corrected chi connectivity index (χ0v) is 12.4. The summed E-state index contributed by atoms with van der Waals surface area (Å²) in [5, 5.41) is 0. The highest BCUT2D eigenvalue weighted by Gasteiger charge is 2.27. The van der Waals surface area contributed by atoms with E-state index in [1.807, 2.05) is 30.3 Å². The van der Waals surface area contributed by atoms with E-state index >= 15 is 0 Å². The van der Waals surface area contributed by atoms with Crippen LogP contribution in [0.15, 0.2) is 46.9 Å². The summed E-state index contributed by atoms with van der Waals surface area (Å²) in [5.41, 5.74) is 6.61. The van der Waals surface area contributed by atoms with E-state index in [4.69, 9.17) is 10.5 Å². The van der Waals surface area contributed by atoms with Crippen molar-refractivity contribution in [2.24, 2.45) is 5.73 Å². The molecule has 2 aromatic rings. The lowest BCUT2D eigenvalue weighted by Crippen LogP contribution is -2.24. The number of hydrogen-bond acceptors (Lipinski definition) is 2. The summed E-state index contributed by atoms with van der Waals surface area (Å²) in [5.74, 6) is -1.38. The van der Waals surface area contributed by atoms with Crippen molar-refractivity contribution >= 4 is 15.9 Å². The number of hydrogen-bond donors (Lipinski definition) is 1. The van der Waals surface area contributed by atoms with Crippen LogP contribution >= 0.6 is 15.9 Å². The van der Waals surface area contributed by atoms with Gasteiger partial charge >= 0.3 is 0 Å². The van der Waals surface area contributed by atoms with Crippen LogP contribution in [0.2, 0.25) is 0 Å². The first-order valence-corrected chi connectivity index (χ1v) is 6.82. The molecular formula is C15H14BrF2NO. The number of rotatable bonds is 4. The molecule has 2 N–H and O–H groups in total. The third kappa shape index (κ3) is 2.90. The van der Waals surface area contributed by atoms with Gasteiger partial charge in [-0.25, -0.2) is 8.78 Å². The first-order chi connectivity index (χ1) is 9.56. The maximum Gasteiger partial charge on any atom is 0.145 e. The van der Waals surface area contributed by atoms with E-state index in [1.165, 1.54) is 19.2 Å². The van der Waals surface area contributed by atoms with E-state index in [9.17, 15) is 8.78 Å². The van der Waals surface area contributed by atoms with Gasteiger partial charge in [0.25, 0.3) is 0 Å². The molecule has 20 heavy (non-hydrogen) atoms. The topological polar surface area (TPSA) is 35.2 Å². The highest BCUT2D eigenvalue weighted by atomic mass is 79.9. The first-order valence-electron chi connectivity index (χ1n) is 6.03. The van der Waals surface area contributed by atoms with Crippen molar-refractivity contribution in [2.75, 3.05) is 7.11 Å². The van der Waals surface area contributed by atoms with Crippen molar-refractivity contribution in [3.05, 3.63) is 69.7 Å². The lowest BCUT2D eigenvalue weighted by atomic mass is 9.95. The lowest BCUT2D eigenvalue weighted by Gasteiger charge is -2.24. The Morgan fingerprint density at radius 2 is 1.75 bits per heavy atom. The van der Waals surface area contributed by atoms with Crippen molar-refractivity contribution in [3.63, 3.8) is 0 Å². The smallest absolute Gasteiger partial charge is 0.145 e. The Kier molecular flexibility index (Phi) is 4.86. The summed E-state index contributed by atoms with van der Waals surface area (Å²) in [6.45, 7) is 0.